The van der Waals surface area contributed by atoms with Crippen LogP contribution in [0, 0.1) is 0 Å². The first-order valence-electron chi connectivity index (χ1n) is 8.29. The molecule has 1 aliphatic heterocycles. The van der Waals surface area contributed by atoms with Gasteiger partial charge in [-0.25, -0.2) is 0 Å². The third-order valence-electron chi connectivity index (χ3n) is 4.56. The van der Waals surface area contributed by atoms with Gasteiger partial charge in [0.2, 0.25) is 0 Å². The van der Waals surface area contributed by atoms with Crippen molar-refractivity contribution in [1.29, 1.82) is 0 Å². The molecular formula is C20H25NO. The van der Waals surface area contributed by atoms with E-state index in [4.69, 9.17) is 4.74 Å². The van der Waals surface area contributed by atoms with Gasteiger partial charge in [0.25, 0.3) is 0 Å². The minimum atomic E-state index is 0.569. The summed E-state index contributed by atoms with van der Waals surface area (Å²) in [6, 6.07) is 19.5. The predicted molar refractivity (Wildman–Crippen MR) is 92.2 cm³/mol. The molecule has 1 fully saturated rings. The molecule has 0 spiro atoms. The van der Waals surface area contributed by atoms with E-state index in [-0.39, 0.29) is 0 Å². The Morgan fingerprint density at radius 1 is 0.955 bits per heavy atom. The predicted octanol–water partition coefficient (Wildman–Crippen LogP) is 4.18. The molecular weight excluding hydrogens is 270 g/mol. The first kappa shape index (κ1) is 15.3. The number of rotatable bonds is 5. The van der Waals surface area contributed by atoms with E-state index < -0.39 is 0 Å². The fourth-order valence-electron chi connectivity index (χ4n) is 3.16. The van der Waals surface area contributed by atoms with Crippen molar-refractivity contribution in [2.75, 3.05) is 32.8 Å². The molecule has 116 valence electrons. The number of hydrogen-bond acceptors (Lipinski definition) is 2. The highest BCUT2D eigenvalue weighted by molar-refractivity contribution is 5.67. The average molecular weight is 295 g/mol. The molecule has 1 saturated heterocycles. The largest absolute Gasteiger partial charge is 0.379 e. The van der Waals surface area contributed by atoms with E-state index in [1.165, 1.54) is 23.1 Å². The van der Waals surface area contributed by atoms with E-state index in [2.05, 4.69) is 66.4 Å². The summed E-state index contributed by atoms with van der Waals surface area (Å²) in [7, 11) is 0. The second-order valence-corrected chi connectivity index (χ2v) is 6.10. The van der Waals surface area contributed by atoms with Crippen molar-refractivity contribution in [1.82, 2.24) is 4.90 Å². The summed E-state index contributed by atoms with van der Waals surface area (Å²) in [5.74, 6) is 0.569. The van der Waals surface area contributed by atoms with Gasteiger partial charge in [0.05, 0.1) is 13.2 Å². The van der Waals surface area contributed by atoms with Crippen LogP contribution in [0.1, 0.15) is 24.8 Å². The molecule has 2 aromatic rings. The Morgan fingerprint density at radius 3 is 2.41 bits per heavy atom. The Hall–Kier alpha value is -1.64. The average Bonchev–Trinajstić information content (AvgIpc) is 2.61. The van der Waals surface area contributed by atoms with Crippen molar-refractivity contribution in [2.45, 2.75) is 19.3 Å². The lowest BCUT2D eigenvalue weighted by Crippen LogP contribution is -2.37. The topological polar surface area (TPSA) is 12.5 Å². The molecule has 22 heavy (non-hydrogen) atoms. The molecule has 0 saturated carbocycles. The van der Waals surface area contributed by atoms with Crippen molar-refractivity contribution in [3.63, 3.8) is 0 Å². The molecule has 1 unspecified atom stereocenters. The van der Waals surface area contributed by atoms with Gasteiger partial charge in [0.1, 0.15) is 0 Å². The third kappa shape index (κ3) is 3.76. The number of benzene rings is 2. The zero-order chi connectivity index (χ0) is 15.2. The van der Waals surface area contributed by atoms with Gasteiger partial charge in [-0.3, -0.25) is 4.90 Å². The molecule has 0 radical (unpaired) electrons. The molecule has 0 aromatic heterocycles. The standard InChI is InChI=1S/C20H25NO/c1-17(11-12-21-13-15-22-16-14-21)19-9-5-6-10-20(19)18-7-3-2-4-8-18/h2-10,17H,11-16H2,1H3. The quantitative estimate of drug-likeness (QED) is 0.820. The number of nitrogens with zero attached hydrogens (tertiary/aromatic N) is 1. The van der Waals surface area contributed by atoms with Crippen LogP contribution in [0.5, 0.6) is 0 Å². The van der Waals surface area contributed by atoms with Crippen LogP contribution in [-0.4, -0.2) is 37.7 Å². The minimum Gasteiger partial charge on any atom is -0.379 e. The van der Waals surface area contributed by atoms with Crippen molar-refractivity contribution in [3.05, 3.63) is 60.2 Å². The Kier molecular flexibility index (Phi) is 5.25. The molecule has 1 aliphatic rings. The molecule has 1 atom stereocenters. The summed E-state index contributed by atoms with van der Waals surface area (Å²) in [5.41, 5.74) is 4.15. The molecule has 1 heterocycles. The lowest BCUT2D eigenvalue weighted by Gasteiger charge is -2.28. The Balaban J connectivity index is 1.71. The fourth-order valence-corrected chi connectivity index (χ4v) is 3.16. The van der Waals surface area contributed by atoms with Gasteiger partial charge in [-0.1, -0.05) is 61.5 Å². The highest BCUT2D eigenvalue weighted by Crippen LogP contribution is 2.30. The van der Waals surface area contributed by atoms with E-state index in [1.54, 1.807) is 0 Å². The highest BCUT2D eigenvalue weighted by atomic mass is 16.5. The zero-order valence-corrected chi connectivity index (χ0v) is 13.4. The van der Waals surface area contributed by atoms with Crippen molar-refractivity contribution in [3.8, 4) is 11.1 Å². The maximum absolute atomic E-state index is 5.43. The van der Waals surface area contributed by atoms with Gasteiger partial charge in [-0.05, 0) is 35.6 Å². The first-order valence-corrected chi connectivity index (χ1v) is 8.29. The number of ether oxygens (including phenoxy) is 1. The molecule has 3 rings (SSSR count). The second kappa shape index (κ2) is 7.57. The van der Waals surface area contributed by atoms with Crippen molar-refractivity contribution < 1.29 is 4.74 Å². The summed E-state index contributed by atoms with van der Waals surface area (Å²) >= 11 is 0. The summed E-state index contributed by atoms with van der Waals surface area (Å²) in [4.78, 5) is 2.52. The Bertz CT molecular complexity index is 575. The maximum atomic E-state index is 5.43. The molecule has 0 N–H and O–H groups in total. The van der Waals surface area contributed by atoms with Crippen LogP contribution < -0.4 is 0 Å². The zero-order valence-electron chi connectivity index (χ0n) is 13.4. The van der Waals surface area contributed by atoms with Gasteiger partial charge in [-0.2, -0.15) is 0 Å². The monoisotopic (exact) mass is 295 g/mol. The van der Waals surface area contributed by atoms with Gasteiger partial charge >= 0.3 is 0 Å². The van der Waals surface area contributed by atoms with E-state index in [9.17, 15) is 0 Å². The SMILES string of the molecule is CC(CCN1CCOCC1)c1ccccc1-c1ccccc1. The Morgan fingerprint density at radius 2 is 1.64 bits per heavy atom. The molecule has 0 aliphatic carbocycles. The normalized spacial score (nSPS) is 17.3. The summed E-state index contributed by atoms with van der Waals surface area (Å²) < 4.78 is 5.43. The summed E-state index contributed by atoms with van der Waals surface area (Å²) in [6.07, 6.45) is 1.20. The van der Waals surface area contributed by atoms with E-state index in [0.717, 1.165) is 32.8 Å². The van der Waals surface area contributed by atoms with Crippen molar-refractivity contribution in [2.24, 2.45) is 0 Å². The number of morpholine rings is 1. The lowest BCUT2D eigenvalue weighted by molar-refractivity contribution is 0.0367. The van der Waals surface area contributed by atoms with Crippen LogP contribution in [-0.2, 0) is 4.74 Å². The van der Waals surface area contributed by atoms with Crippen LogP contribution >= 0.6 is 0 Å². The van der Waals surface area contributed by atoms with Crippen LogP contribution in [0.3, 0.4) is 0 Å². The van der Waals surface area contributed by atoms with E-state index >= 15 is 0 Å². The smallest absolute Gasteiger partial charge is 0.0594 e. The lowest BCUT2D eigenvalue weighted by atomic mass is 9.89. The third-order valence-corrected chi connectivity index (χ3v) is 4.56. The first-order chi connectivity index (χ1) is 10.8. The van der Waals surface area contributed by atoms with Crippen LogP contribution in [0.4, 0.5) is 0 Å². The second-order valence-electron chi connectivity index (χ2n) is 6.10. The maximum Gasteiger partial charge on any atom is 0.0594 e. The van der Waals surface area contributed by atoms with Crippen molar-refractivity contribution >= 4 is 0 Å². The molecule has 0 amide bonds. The summed E-state index contributed by atoms with van der Waals surface area (Å²) in [5, 5.41) is 0. The minimum absolute atomic E-state index is 0.569. The fraction of sp³-hybridized carbons (Fsp3) is 0.400. The molecule has 0 bridgehead atoms. The highest BCUT2D eigenvalue weighted by Gasteiger charge is 2.15. The summed E-state index contributed by atoms with van der Waals surface area (Å²) in [6.45, 7) is 7.43. The van der Waals surface area contributed by atoms with E-state index in [0.29, 0.717) is 5.92 Å². The van der Waals surface area contributed by atoms with Gasteiger partial charge in [0, 0.05) is 13.1 Å². The van der Waals surface area contributed by atoms with E-state index in [1.807, 2.05) is 0 Å². The van der Waals surface area contributed by atoms with Crippen LogP contribution in [0.25, 0.3) is 11.1 Å². The Labute approximate surface area is 133 Å². The number of hydrogen-bond donors (Lipinski definition) is 0. The molecule has 2 nitrogen and oxygen atoms in total. The van der Waals surface area contributed by atoms with Crippen LogP contribution in [0.2, 0.25) is 0 Å². The van der Waals surface area contributed by atoms with Gasteiger partial charge in [-0.15, -0.1) is 0 Å². The van der Waals surface area contributed by atoms with Gasteiger partial charge < -0.3 is 4.74 Å². The molecule has 2 aromatic carbocycles. The van der Waals surface area contributed by atoms with Gasteiger partial charge in [0.15, 0.2) is 0 Å². The molecule has 2 heteroatoms. The van der Waals surface area contributed by atoms with Crippen LogP contribution in [0.15, 0.2) is 54.6 Å².